The zero-order valence-electron chi connectivity index (χ0n) is 9.19. The SMILES string of the molecule is CC(C)(C)O/N=C/c1ccc(C#N)cc1. The molecule has 15 heavy (non-hydrogen) atoms. The maximum absolute atomic E-state index is 8.60. The van der Waals surface area contributed by atoms with Crippen molar-refractivity contribution in [3.63, 3.8) is 0 Å². The third-order valence-corrected chi connectivity index (χ3v) is 1.57. The minimum Gasteiger partial charge on any atom is -0.390 e. The normalized spacial score (nSPS) is 11.3. The lowest BCUT2D eigenvalue weighted by Gasteiger charge is -2.14. The van der Waals surface area contributed by atoms with Gasteiger partial charge in [0.15, 0.2) is 0 Å². The maximum Gasteiger partial charge on any atom is 0.129 e. The summed E-state index contributed by atoms with van der Waals surface area (Å²) < 4.78 is 0. The van der Waals surface area contributed by atoms with E-state index < -0.39 is 0 Å². The summed E-state index contributed by atoms with van der Waals surface area (Å²) in [6.45, 7) is 5.80. The van der Waals surface area contributed by atoms with E-state index in [0.717, 1.165) is 5.56 Å². The van der Waals surface area contributed by atoms with Crippen LogP contribution < -0.4 is 0 Å². The van der Waals surface area contributed by atoms with Crippen LogP contribution in [-0.2, 0) is 4.84 Å². The van der Waals surface area contributed by atoms with Crippen LogP contribution in [0.25, 0.3) is 0 Å². The second-order valence-electron chi connectivity index (χ2n) is 4.17. The molecule has 0 fully saturated rings. The van der Waals surface area contributed by atoms with Crippen molar-refractivity contribution in [3.05, 3.63) is 35.4 Å². The first-order valence-corrected chi connectivity index (χ1v) is 4.73. The summed E-state index contributed by atoms with van der Waals surface area (Å²) in [6, 6.07) is 9.21. The minimum atomic E-state index is -0.275. The van der Waals surface area contributed by atoms with Crippen LogP contribution in [0.5, 0.6) is 0 Å². The minimum absolute atomic E-state index is 0.275. The molecule has 0 amide bonds. The number of oxime groups is 1. The van der Waals surface area contributed by atoms with Crippen molar-refractivity contribution in [3.8, 4) is 6.07 Å². The fourth-order valence-corrected chi connectivity index (χ4v) is 0.889. The second kappa shape index (κ2) is 4.61. The first-order valence-electron chi connectivity index (χ1n) is 4.73. The van der Waals surface area contributed by atoms with Crippen molar-refractivity contribution in [2.45, 2.75) is 26.4 Å². The Balaban J connectivity index is 2.62. The molecule has 0 saturated heterocycles. The molecule has 0 spiro atoms. The largest absolute Gasteiger partial charge is 0.390 e. The van der Waals surface area contributed by atoms with Gasteiger partial charge in [0.2, 0.25) is 0 Å². The average molecular weight is 202 g/mol. The molecule has 0 N–H and O–H groups in total. The summed E-state index contributed by atoms with van der Waals surface area (Å²) in [7, 11) is 0. The highest BCUT2D eigenvalue weighted by Crippen LogP contribution is 2.07. The van der Waals surface area contributed by atoms with Gasteiger partial charge in [-0.15, -0.1) is 0 Å². The highest BCUT2D eigenvalue weighted by atomic mass is 16.6. The quantitative estimate of drug-likeness (QED) is 0.546. The Morgan fingerprint density at radius 3 is 2.33 bits per heavy atom. The number of rotatable bonds is 2. The predicted octanol–water partition coefficient (Wildman–Crippen LogP) is 2.71. The lowest BCUT2D eigenvalue weighted by atomic mass is 10.2. The van der Waals surface area contributed by atoms with Gasteiger partial charge in [-0.05, 0) is 38.5 Å². The van der Waals surface area contributed by atoms with E-state index in [0.29, 0.717) is 5.56 Å². The van der Waals surface area contributed by atoms with Crippen LogP contribution in [0.3, 0.4) is 0 Å². The maximum atomic E-state index is 8.60. The third kappa shape index (κ3) is 4.28. The van der Waals surface area contributed by atoms with Crippen LogP contribution in [0.2, 0.25) is 0 Å². The van der Waals surface area contributed by atoms with Gasteiger partial charge in [0, 0.05) is 0 Å². The monoisotopic (exact) mass is 202 g/mol. The second-order valence-corrected chi connectivity index (χ2v) is 4.17. The number of benzene rings is 1. The van der Waals surface area contributed by atoms with Crippen molar-refractivity contribution in [2.75, 3.05) is 0 Å². The van der Waals surface area contributed by atoms with Crippen LogP contribution in [0.15, 0.2) is 29.4 Å². The van der Waals surface area contributed by atoms with Gasteiger partial charge in [0.05, 0.1) is 17.8 Å². The summed E-state index contributed by atoms with van der Waals surface area (Å²) in [5.74, 6) is 0. The Kier molecular flexibility index (Phi) is 3.46. The molecule has 0 bridgehead atoms. The van der Waals surface area contributed by atoms with Gasteiger partial charge in [-0.25, -0.2) is 0 Å². The summed E-state index contributed by atoms with van der Waals surface area (Å²) >= 11 is 0. The fourth-order valence-electron chi connectivity index (χ4n) is 0.889. The Bertz CT molecular complexity index is 380. The Hall–Kier alpha value is -1.82. The van der Waals surface area contributed by atoms with E-state index >= 15 is 0 Å². The molecule has 1 rings (SSSR count). The first-order chi connectivity index (χ1) is 7.01. The molecule has 0 aliphatic rings. The van der Waals surface area contributed by atoms with Crippen molar-refractivity contribution >= 4 is 6.21 Å². The lowest BCUT2D eigenvalue weighted by molar-refractivity contribution is 0.00199. The highest BCUT2D eigenvalue weighted by molar-refractivity contribution is 5.79. The van der Waals surface area contributed by atoms with Gasteiger partial charge in [0.1, 0.15) is 5.60 Å². The summed E-state index contributed by atoms with van der Waals surface area (Å²) in [5, 5.41) is 12.5. The lowest BCUT2D eigenvalue weighted by Crippen LogP contribution is -2.15. The molecule has 0 saturated carbocycles. The molecular weight excluding hydrogens is 188 g/mol. The van der Waals surface area contributed by atoms with E-state index in [1.54, 1.807) is 18.3 Å². The number of nitrogens with zero attached hydrogens (tertiary/aromatic N) is 2. The van der Waals surface area contributed by atoms with E-state index in [1.807, 2.05) is 32.9 Å². The van der Waals surface area contributed by atoms with Crippen molar-refractivity contribution in [2.24, 2.45) is 5.16 Å². The molecule has 0 heterocycles. The topological polar surface area (TPSA) is 45.4 Å². The Labute approximate surface area is 90.0 Å². The molecular formula is C12H14N2O. The van der Waals surface area contributed by atoms with Crippen molar-refractivity contribution < 1.29 is 4.84 Å². The molecule has 1 aromatic carbocycles. The standard InChI is InChI=1S/C12H14N2O/c1-12(2,3)15-14-9-11-6-4-10(8-13)5-7-11/h4-7,9H,1-3H3/b14-9+. The zero-order chi connectivity index (χ0) is 11.3. The predicted molar refractivity (Wildman–Crippen MR) is 59.6 cm³/mol. The van der Waals surface area contributed by atoms with Crippen LogP contribution in [0, 0.1) is 11.3 Å². The van der Waals surface area contributed by atoms with Gasteiger partial charge in [-0.3, -0.25) is 0 Å². The number of hydrogen-bond donors (Lipinski definition) is 0. The Morgan fingerprint density at radius 2 is 1.87 bits per heavy atom. The van der Waals surface area contributed by atoms with Crippen LogP contribution in [0.1, 0.15) is 31.9 Å². The summed E-state index contributed by atoms with van der Waals surface area (Å²) in [6.07, 6.45) is 1.63. The zero-order valence-corrected chi connectivity index (χ0v) is 9.19. The number of nitriles is 1. The smallest absolute Gasteiger partial charge is 0.129 e. The van der Waals surface area contributed by atoms with Crippen LogP contribution in [-0.4, -0.2) is 11.8 Å². The van der Waals surface area contributed by atoms with E-state index in [1.165, 1.54) is 0 Å². The van der Waals surface area contributed by atoms with Gasteiger partial charge in [0.25, 0.3) is 0 Å². The molecule has 1 aromatic rings. The first kappa shape index (κ1) is 11.3. The van der Waals surface area contributed by atoms with Crippen molar-refractivity contribution in [1.29, 1.82) is 5.26 Å². The molecule has 3 heteroatoms. The van der Waals surface area contributed by atoms with Gasteiger partial charge < -0.3 is 4.84 Å². The third-order valence-electron chi connectivity index (χ3n) is 1.57. The van der Waals surface area contributed by atoms with Crippen LogP contribution >= 0.6 is 0 Å². The summed E-state index contributed by atoms with van der Waals surface area (Å²) in [5.41, 5.74) is 1.28. The summed E-state index contributed by atoms with van der Waals surface area (Å²) in [4.78, 5) is 5.19. The average Bonchev–Trinajstić information content (AvgIpc) is 2.17. The molecule has 0 aromatic heterocycles. The molecule has 0 atom stereocenters. The Morgan fingerprint density at radius 1 is 1.27 bits per heavy atom. The van der Waals surface area contributed by atoms with Crippen LogP contribution in [0.4, 0.5) is 0 Å². The number of hydrogen-bond acceptors (Lipinski definition) is 3. The fraction of sp³-hybridized carbons (Fsp3) is 0.333. The van der Waals surface area contributed by atoms with E-state index in [9.17, 15) is 0 Å². The highest BCUT2D eigenvalue weighted by Gasteiger charge is 2.09. The van der Waals surface area contributed by atoms with Crippen molar-refractivity contribution in [1.82, 2.24) is 0 Å². The molecule has 78 valence electrons. The molecule has 0 unspecified atom stereocenters. The molecule has 0 aliphatic heterocycles. The van der Waals surface area contributed by atoms with E-state index in [4.69, 9.17) is 10.1 Å². The van der Waals surface area contributed by atoms with E-state index in [-0.39, 0.29) is 5.60 Å². The van der Waals surface area contributed by atoms with E-state index in [2.05, 4.69) is 11.2 Å². The van der Waals surface area contributed by atoms with Gasteiger partial charge >= 0.3 is 0 Å². The van der Waals surface area contributed by atoms with Gasteiger partial charge in [-0.1, -0.05) is 17.3 Å². The molecule has 3 nitrogen and oxygen atoms in total. The molecule has 0 radical (unpaired) electrons. The van der Waals surface area contributed by atoms with Gasteiger partial charge in [-0.2, -0.15) is 5.26 Å². The molecule has 0 aliphatic carbocycles.